The summed E-state index contributed by atoms with van der Waals surface area (Å²) in [6.45, 7) is 6.09. The van der Waals surface area contributed by atoms with E-state index in [1.807, 2.05) is 45.0 Å². The van der Waals surface area contributed by atoms with Gasteiger partial charge >= 0.3 is 0 Å². The van der Waals surface area contributed by atoms with Crippen LogP contribution >= 0.6 is 15.9 Å². The summed E-state index contributed by atoms with van der Waals surface area (Å²) in [5, 5.41) is 6.11. The van der Waals surface area contributed by atoms with Gasteiger partial charge in [-0.3, -0.25) is 9.78 Å². The third-order valence-electron chi connectivity index (χ3n) is 2.82. The second-order valence-corrected chi connectivity index (χ2v) is 6.02. The summed E-state index contributed by atoms with van der Waals surface area (Å²) in [4.78, 5) is 16.4. The number of nitrogens with zero attached hydrogens (tertiary/aromatic N) is 1. The predicted octanol–water partition coefficient (Wildman–Crippen LogP) is 4.23. The normalized spacial score (nSPS) is 10.5. The molecule has 0 radical (unpaired) electrons. The second kappa shape index (κ2) is 6.72. The number of benzene rings is 1. The molecule has 110 valence electrons. The highest BCUT2D eigenvalue weighted by molar-refractivity contribution is 9.10. The first-order chi connectivity index (χ1) is 9.95. The molecule has 2 rings (SSSR count). The summed E-state index contributed by atoms with van der Waals surface area (Å²) in [5.41, 5.74) is 3.12. The highest BCUT2D eigenvalue weighted by Crippen LogP contribution is 2.24. The molecule has 0 bridgehead atoms. The number of amides is 1. The molecule has 0 aliphatic rings. The van der Waals surface area contributed by atoms with Crippen molar-refractivity contribution >= 4 is 33.2 Å². The number of nitrogens with one attached hydrogen (secondary N) is 2. The Balaban J connectivity index is 2.16. The summed E-state index contributed by atoms with van der Waals surface area (Å²) in [6.07, 6.45) is 1.63. The maximum Gasteiger partial charge on any atom is 0.274 e. The lowest BCUT2D eigenvalue weighted by atomic mass is 10.2. The number of hydrogen-bond acceptors (Lipinski definition) is 3. The Morgan fingerprint density at radius 1 is 1.24 bits per heavy atom. The molecule has 0 unspecified atom stereocenters. The van der Waals surface area contributed by atoms with E-state index in [1.165, 1.54) is 0 Å². The zero-order valence-corrected chi connectivity index (χ0v) is 13.9. The summed E-state index contributed by atoms with van der Waals surface area (Å²) in [7, 11) is 0. The van der Waals surface area contributed by atoms with Crippen LogP contribution in [0.4, 0.5) is 11.4 Å². The number of aromatic nitrogens is 1. The molecule has 2 N–H and O–H groups in total. The fourth-order valence-corrected chi connectivity index (χ4v) is 2.48. The quantitative estimate of drug-likeness (QED) is 0.870. The molecule has 0 atom stereocenters. The molecular weight excluding hydrogens is 330 g/mol. The standard InChI is InChI=1S/C16H18BrN3O/c1-10(2)19-12-6-7-18-15(9-12)16(21)20-14-5-4-11(3)8-13(14)17/h4-10H,1-3H3,(H,18,19)(H,20,21). The minimum absolute atomic E-state index is 0.230. The topological polar surface area (TPSA) is 54.0 Å². The molecule has 0 aliphatic heterocycles. The van der Waals surface area contributed by atoms with Crippen LogP contribution in [0.15, 0.2) is 41.0 Å². The van der Waals surface area contributed by atoms with Gasteiger partial charge in [0.2, 0.25) is 0 Å². The van der Waals surface area contributed by atoms with Crippen LogP contribution in [0.3, 0.4) is 0 Å². The van der Waals surface area contributed by atoms with Gasteiger partial charge in [-0.2, -0.15) is 0 Å². The summed E-state index contributed by atoms with van der Waals surface area (Å²) < 4.78 is 0.854. The van der Waals surface area contributed by atoms with E-state index in [9.17, 15) is 4.79 Å². The Hall–Kier alpha value is -1.88. The van der Waals surface area contributed by atoms with Crippen LogP contribution in [0.25, 0.3) is 0 Å². The second-order valence-electron chi connectivity index (χ2n) is 5.17. The number of carbonyl (C=O) groups is 1. The number of halogens is 1. The molecule has 1 heterocycles. The number of aryl methyl sites for hydroxylation is 1. The maximum absolute atomic E-state index is 12.3. The molecule has 1 aromatic carbocycles. The Morgan fingerprint density at radius 2 is 2.00 bits per heavy atom. The van der Waals surface area contributed by atoms with Gasteiger partial charge in [0.25, 0.3) is 5.91 Å². The average Bonchev–Trinajstić information content (AvgIpc) is 2.41. The van der Waals surface area contributed by atoms with E-state index < -0.39 is 0 Å². The van der Waals surface area contributed by atoms with E-state index in [0.717, 1.165) is 21.4 Å². The molecule has 1 amide bonds. The van der Waals surface area contributed by atoms with Gasteiger partial charge in [-0.25, -0.2) is 0 Å². The average molecular weight is 348 g/mol. The van der Waals surface area contributed by atoms with Gasteiger partial charge in [-0.1, -0.05) is 6.07 Å². The third-order valence-corrected chi connectivity index (χ3v) is 3.48. The monoisotopic (exact) mass is 347 g/mol. The molecular formula is C16H18BrN3O. The van der Waals surface area contributed by atoms with Crippen molar-refractivity contribution in [1.82, 2.24) is 4.98 Å². The van der Waals surface area contributed by atoms with Crippen LogP contribution in [-0.4, -0.2) is 16.9 Å². The van der Waals surface area contributed by atoms with Gasteiger partial charge < -0.3 is 10.6 Å². The van der Waals surface area contributed by atoms with E-state index >= 15 is 0 Å². The number of carbonyl (C=O) groups excluding carboxylic acids is 1. The lowest BCUT2D eigenvalue weighted by Crippen LogP contribution is -2.15. The Labute approximate surface area is 133 Å². The van der Waals surface area contributed by atoms with Gasteiger partial charge in [0, 0.05) is 22.4 Å². The van der Waals surface area contributed by atoms with Crippen LogP contribution in [0.5, 0.6) is 0 Å². The van der Waals surface area contributed by atoms with Crippen molar-refractivity contribution in [2.75, 3.05) is 10.6 Å². The number of anilines is 2. The summed E-state index contributed by atoms with van der Waals surface area (Å²) in [5.74, 6) is -0.230. The first-order valence-electron chi connectivity index (χ1n) is 6.76. The van der Waals surface area contributed by atoms with Crippen molar-refractivity contribution in [3.63, 3.8) is 0 Å². The van der Waals surface area contributed by atoms with Crippen molar-refractivity contribution in [2.45, 2.75) is 26.8 Å². The van der Waals surface area contributed by atoms with E-state index in [1.54, 1.807) is 12.3 Å². The lowest BCUT2D eigenvalue weighted by Gasteiger charge is -2.11. The first kappa shape index (κ1) is 15.5. The Bertz CT molecular complexity index is 656. The zero-order chi connectivity index (χ0) is 15.4. The number of hydrogen-bond donors (Lipinski definition) is 2. The van der Waals surface area contributed by atoms with E-state index in [-0.39, 0.29) is 5.91 Å². The SMILES string of the molecule is Cc1ccc(NC(=O)c2cc(NC(C)C)ccn2)c(Br)c1. The van der Waals surface area contributed by atoms with Gasteiger partial charge in [0.1, 0.15) is 5.69 Å². The highest BCUT2D eigenvalue weighted by Gasteiger charge is 2.10. The smallest absolute Gasteiger partial charge is 0.274 e. The molecule has 5 heteroatoms. The third kappa shape index (κ3) is 4.29. The molecule has 2 aromatic rings. The van der Waals surface area contributed by atoms with Crippen molar-refractivity contribution in [2.24, 2.45) is 0 Å². The predicted molar refractivity (Wildman–Crippen MR) is 89.8 cm³/mol. The Morgan fingerprint density at radius 3 is 2.67 bits per heavy atom. The van der Waals surface area contributed by atoms with Crippen LogP contribution in [0.1, 0.15) is 29.9 Å². The van der Waals surface area contributed by atoms with Crippen molar-refractivity contribution in [3.8, 4) is 0 Å². The van der Waals surface area contributed by atoms with Crippen LogP contribution in [0.2, 0.25) is 0 Å². The highest BCUT2D eigenvalue weighted by atomic mass is 79.9. The van der Waals surface area contributed by atoms with Gasteiger partial charge in [-0.15, -0.1) is 0 Å². The Kier molecular flexibility index (Phi) is 4.96. The summed E-state index contributed by atoms with van der Waals surface area (Å²) in [6, 6.07) is 9.67. The molecule has 0 fully saturated rings. The fourth-order valence-electron chi connectivity index (χ4n) is 1.89. The maximum atomic E-state index is 12.3. The van der Waals surface area contributed by atoms with Gasteiger partial charge in [-0.05, 0) is 66.5 Å². The van der Waals surface area contributed by atoms with E-state index in [4.69, 9.17) is 0 Å². The van der Waals surface area contributed by atoms with Gasteiger partial charge in [0.05, 0.1) is 5.69 Å². The molecule has 0 aliphatic carbocycles. The molecule has 4 nitrogen and oxygen atoms in total. The largest absolute Gasteiger partial charge is 0.383 e. The molecule has 0 spiro atoms. The fraction of sp³-hybridized carbons (Fsp3) is 0.250. The molecule has 0 saturated carbocycles. The molecule has 0 saturated heterocycles. The molecule has 1 aromatic heterocycles. The van der Waals surface area contributed by atoms with Crippen molar-refractivity contribution in [3.05, 3.63) is 52.3 Å². The molecule has 21 heavy (non-hydrogen) atoms. The minimum Gasteiger partial charge on any atom is -0.383 e. The van der Waals surface area contributed by atoms with E-state index in [2.05, 4.69) is 31.5 Å². The zero-order valence-electron chi connectivity index (χ0n) is 12.3. The summed E-state index contributed by atoms with van der Waals surface area (Å²) >= 11 is 3.45. The van der Waals surface area contributed by atoms with E-state index in [0.29, 0.717) is 11.7 Å². The van der Waals surface area contributed by atoms with Gasteiger partial charge in [0.15, 0.2) is 0 Å². The van der Waals surface area contributed by atoms with Crippen molar-refractivity contribution < 1.29 is 4.79 Å². The van der Waals surface area contributed by atoms with Crippen LogP contribution in [-0.2, 0) is 0 Å². The minimum atomic E-state index is -0.230. The van der Waals surface area contributed by atoms with Crippen LogP contribution in [0, 0.1) is 6.92 Å². The van der Waals surface area contributed by atoms with Crippen LogP contribution < -0.4 is 10.6 Å². The van der Waals surface area contributed by atoms with Crippen molar-refractivity contribution in [1.29, 1.82) is 0 Å². The number of pyridine rings is 1. The lowest BCUT2D eigenvalue weighted by molar-refractivity contribution is 0.102. The first-order valence-corrected chi connectivity index (χ1v) is 7.55. The number of rotatable bonds is 4.